The maximum Gasteiger partial charge on any atom is 0.157 e. The van der Waals surface area contributed by atoms with E-state index in [4.69, 9.17) is 11.6 Å². The lowest BCUT2D eigenvalue weighted by molar-refractivity contribution is 0.804. The van der Waals surface area contributed by atoms with E-state index in [1.807, 2.05) is 26.0 Å². The topological polar surface area (TPSA) is 43.6 Å². The van der Waals surface area contributed by atoms with E-state index in [1.165, 1.54) is 0 Å². The predicted octanol–water partition coefficient (Wildman–Crippen LogP) is 1.93. The minimum atomic E-state index is 0.454. The van der Waals surface area contributed by atoms with E-state index in [0.717, 1.165) is 11.6 Å². The van der Waals surface area contributed by atoms with Crippen LogP contribution in [-0.4, -0.2) is 19.7 Å². The van der Waals surface area contributed by atoms with Gasteiger partial charge in [0.25, 0.3) is 0 Å². The van der Waals surface area contributed by atoms with Crippen LogP contribution in [0.25, 0.3) is 5.82 Å². The fraction of sp³-hybridized carbons (Fsp3) is 0.222. The van der Waals surface area contributed by atoms with Crippen molar-refractivity contribution >= 4 is 11.6 Å². The molecule has 0 aromatic carbocycles. The second kappa shape index (κ2) is 3.38. The van der Waals surface area contributed by atoms with Gasteiger partial charge in [0.15, 0.2) is 5.82 Å². The Balaban J connectivity index is 2.54. The zero-order chi connectivity index (χ0) is 10.1. The number of halogens is 1. The number of rotatable bonds is 1. The van der Waals surface area contributed by atoms with Gasteiger partial charge in [-0.15, -0.1) is 5.10 Å². The van der Waals surface area contributed by atoms with Crippen LogP contribution in [0.2, 0.25) is 5.15 Å². The van der Waals surface area contributed by atoms with Gasteiger partial charge in [0, 0.05) is 0 Å². The minimum Gasteiger partial charge on any atom is -0.217 e. The van der Waals surface area contributed by atoms with Crippen LogP contribution in [0.4, 0.5) is 0 Å². The molecule has 0 aliphatic rings. The van der Waals surface area contributed by atoms with Crippen molar-refractivity contribution in [3.8, 4) is 5.82 Å². The summed E-state index contributed by atoms with van der Waals surface area (Å²) in [4.78, 5) is 8.33. The average molecular weight is 209 g/mol. The van der Waals surface area contributed by atoms with Crippen molar-refractivity contribution in [3.63, 3.8) is 0 Å². The Morgan fingerprint density at radius 3 is 2.57 bits per heavy atom. The summed E-state index contributed by atoms with van der Waals surface area (Å²) in [5, 5.41) is 4.66. The molecule has 0 amide bonds. The highest BCUT2D eigenvalue weighted by Crippen LogP contribution is 2.10. The molecule has 4 nitrogen and oxygen atoms in total. The van der Waals surface area contributed by atoms with Gasteiger partial charge in [-0.25, -0.2) is 9.97 Å². The maximum absolute atomic E-state index is 5.78. The molecule has 2 rings (SSSR count). The number of hydrogen-bond donors (Lipinski definition) is 0. The molecule has 14 heavy (non-hydrogen) atoms. The van der Waals surface area contributed by atoms with Crippen LogP contribution in [0.15, 0.2) is 18.2 Å². The van der Waals surface area contributed by atoms with Crippen molar-refractivity contribution in [1.29, 1.82) is 0 Å². The van der Waals surface area contributed by atoms with E-state index in [2.05, 4.69) is 15.1 Å². The second-order valence-corrected chi connectivity index (χ2v) is 3.32. The molecule has 0 bridgehead atoms. The van der Waals surface area contributed by atoms with Gasteiger partial charge in [0.2, 0.25) is 0 Å². The van der Waals surface area contributed by atoms with Crippen LogP contribution in [0.5, 0.6) is 0 Å². The number of aromatic nitrogens is 4. The first-order valence-electron chi connectivity index (χ1n) is 4.20. The molecule has 72 valence electrons. The molecule has 0 aliphatic carbocycles. The molecular weight excluding hydrogens is 200 g/mol. The third-order valence-corrected chi connectivity index (χ3v) is 2.00. The van der Waals surface area contributed by atoms with Crippen LogP contribution >= 0.6 is 11.6 Å². The van der Waals surface area contributed by atoms with Crippen molar-refractivity contribution in [2.45, 2.75) is 13.8 Å². The van der Waals surface area contributed by atoms with Gasteiger partial charge in [-0.1, -0.05) is 17.7 Å². The Bertz CT molecular complexity index is 464. The van der Waals surface area contributed by atoms with E-state index in [9.17, 15) is 0 Å². The van der Waals surface area contributed by atoms with Crippen molar-refractivity contribution in [2.75, 3.05) is 0 Å². The summed E-state index contributed by atoms with van der Waals surface area (Å²) in [7, 11) is 0. The van der Waals surface area contributed by atoms with Crippen LogP contribution in [0, 0.1) is 13.8 Å². The molecule has 0 fully saturated rings. The fourth-order valence-electron chi connectivity index (χ4n) is 1.25. The highest BCUT2D eigenvalue weighted by Gasteiger charge is 2.05. The summed E-state index contributed by atoms with van der Waals surface area (Å²) in [6.45, 7) is 3.72. The van der Waals surface area contributed by atoms with E-state index < -0.39 is 0 Å². The second-order valence-electron chi connectivity index (χ2n) is 2.94. The smallest absolute Gasteiger partial charge is 0.157 e. The van der Waals surface area contributed by atoms with Gasteiger partial charge in [0.1, 0.15) is 16.8 Å². The van der Waals surface area contributed by atoms with Crippen LogP contribution in [0.1, 0.15) is 11.6 Å². The van der Waals surface area contributed by atoms with Crippen molar-refractivity contribution < 1.29 is 0 Å². The zero-order valence-corrected chi connectivity index (χ0v) is 8.65. The summed E-state index contributed by atoms with van der Waals surface area (Å²) >= 11 is 5.78. The van der Waals surface area contributed by atoms with Crippen LogP contribution < -0.4 is 0 Å². The van der Waals surface area contributed by atoms with Gasteiger partial charge in [-0.3, -0.25) is 0 Å². The molecule has 0 saturated heterocycles. The average Bonchev–Trinajstić information content (AvgIpc) is 2.45. The Morgan fingerprint density at radius 2 is 2.00 bits per heavy atom. The standard InChI is InChI=1S/C9H9ClN4/c1-6-11-7(2)14(13-6)9-5-3-4-8(10)12-9/h3-5H,1-2H3. The molecule has 5 heteroatoms. The summed E-state index contributed by atoms with van der Waals surface area (Å²) in [5.74, 6) is 2.22. The third-order valence-electron chi connectivity index (χ3n) is 1.79. The van der Waals surface area contributed by atoms with E-state index in [0.29, 0.717) is 11.0 Å². The van der Waals surface area contributed by atoms with Crippen molar-refractivity contribution in [3.05, 3.63) is 35.0 Å². The minimum absolute atomic E-state index is 0.454. The molecule has 0 saturated carbocycles. The summed E-state index contributed by atoms with van der Waals surface area (Å²) in [6.07, 6.45) is 0. The van der Waals surface area contributed by atoms with Crippen molar-refractivity contribution in [1.82, 2.24) is 19.7 Å². The lowest BCUT2D eigenvalue weighted by Crippen LogP contribution is -2.01. The van der Waals surface area contributed by atoms with Gasteiger partial charge in [0.05, 0.1) is 0 Å². The van der Waals surface area contributed by atoms with Gasteiger partial charge in [-0.2, -0.15) is 4.68 Å². The first kappa shape index (κ1) is 9.15. The van der Waals surface area contributed by atoms with Crippen LogP contribution in [0.3, 0.4) is 0 Å². The van der Waals surface area contributed by atoms with Gasteiger partial charge >= 0.3 is 0 Å². The maximum atomic E-state index is 5.78. The Morgan fingerprint density at radius 1 is 1.21 bits per heavy atom. The zero-order valence-electron chi connectivity index (χ0n) is 7.90. The SMILES string of the molecule is Cc1nc(C)n(-c2cccc(Cl)n2)n1. The number of aryl methyl sites for hydroxylation is 2. The normalized spacial score (nSPS) is 10.5. The van der Waals surface area contributed by atoms with E-state index in [-0.39, 0.29) is 0 Å². The van der Waals surface area contributed by atoms with E-state index >= 15 is 0 Å². The Hall–Kier alpha value is -1.42. The van der Waals surface area contributed by atoms with Gasteiger partial charge < -0.3 is 0 Å². The fourth-order valence-corrected chi connectivity index (χ4v) is 1.41. The quantitative estimate of drug-likeness (QED) is 0.673. The first-order chi connectivity index (χ1) is 6.66. The molecule has 0 spiro atoms. The lowest BCUT2D eigenvalue weighted by atomic mass is 10.4. The number of nitrogens with zero attached hydrogens (tertiary/aromatic N) is 4. The molecule has 2 aromatic heterocycles. The molecule has 2 heterocycles. The molecule has 0 aliphatic heterocycles. The van der Waals surface area contributed by atoms with Crippen molar-refractivity contribution in [2.24, 2.45) is 0 Å². The lowest BCUT2D eigenvalue weighted by Gasteiger charge is -2.00. The summed E-state index contributed by atoms with van der Waals surface area (Å²) in [5.41, 5.74) is 0. The largest absolute Gasteiger partial charge is 0.217 e. The Kier molecular flexibility index (Phi) is 2.21. The van der Waals surface area contributed by atoms with Crippen LogP contribution in [-0.2, 0) is 0 Å². The van der Waals surface area contributed by atoms with E-state index in [1.54, 1.807) is 10.7 Å². The molecule has 0 radical (unpaired) electrons. The summed E-state index contributed by atoms with van der Waals surface area (Å²) < 4.78 is 1.67. The molecule has 0 atom stereocenters. The highest BCUT2D eigenvalue weighted by molar-refractivity contribution is 6.29. The highest BCUT2D eigenvalue weighted by atomic mass is 35.5. The molecule has 2 aromatic rings. The first-order valence-corrected chi connectivity index (χ1v) is 4.58. The Labute approximate surface area is 86.6 Å². The molecule has 0 unspecified atom stereocenters. The monoisotopic (exact) mass is 208 g/mol. The number of pyridine rings is 1. The third kappa shape index (κ3) is 1.61. The summed E-state index contributed by atoms with van der Waals surface area (Å²) in [6, 6.07) is 5.40. The number of hydrogen-bond acceptors (Lipinski definition) is 3. The predicted molar refractivity (Wildman–Crippen MR) is 53.6 cm³/mol. The molecule has 0 N–H and O–H groups in total. The molecular formula is C9H9ClN4. The van der Waals surface area contributed by atoms with Gasteiger partial charge in [-0.05, 0) is 26.0 Å².